The number of nitrogens with one attached hydrogen (secondary N) is 1. The van der Waals surface area contributed by atoms with Crippen LogP contribution in [0, 0.1) is 17.0 Å². The van der Waals surface area contributed by atoms with E-state index in [4.69, 9.17) is 0 Å². The first-order chi connectivity index (χ1) is 10.0. The number of carbonyl (C=O) groups is 1. The molecule has 8 heteroatoms. The fourth-order valence-electron chi connectivity index (χ4n) is 1.69. The van der Waals surface area contributed by atoms with Crippen molar-refractivity contribution in [1.29, 1.82) is 0 Å². The fraction of sp³-hybridized carbons (Fsp3) is 0.231. The quantitative estimate of drug-likeness (QED) is 0.518. The molecule has 0 atom stereocenters. The highest BCUT2D eigenvalue weighted by atomic mass is 32.1. The number of carbonyl (C=O) groups excluding carboxylic acids is 1. The third kappa shape index (κ3) is 3.34. The Bertz CT molecular complexity index is 684. The Morgan fingerprint density at radius 2 is 2.24 bits per heavy atom. The first kappa shape index (κ1) is 14.9. The van der Waals surface area contributed by atoms with Gasteiger partial charge in [0.1, 0.15) is 0 Å². The molecule has 7 nitrogen and oxygen atoms in total. The molecule has 0 amide bonds. The number of hydrogen-bond donors (Lipinski definition) is 1. The average molecular weight is 307 g/mol. The second-order valence-corrected chi connectivity index (χ2v) is 4.99. The van der Waals surface area contributed by atoms with E-state index in [2.05, 4.69) is 15.0 Å². The number of rotatable bonds is 5. The van der Waals surface area contributed by atoms with Gasteiger partial charge in [0.05, 0.1) is 12.0 Å². The lowest BCUT2D eigenvalue weighted by Crippen LogP contribution is -2.10. The number of hydrogen-bond acceptors (Lipinski definition) is 7. The highest BCUT2D eigenvalue weighted by Gasteiger charge is 2.19. The molecule has 0 aliphatic rings. The zero-order chi connectivity index (χ0) is 15.4. The van der Waals surface area contributed by atoms with Crippen molar-refractivity contribution >= 4 is 28.8 Å². The van der Waals surface area contributed by atoms with Crippen molar-refractivity contribution in [2.45, 2.75) is 13.5 Å². The van der Waals surface area contributed by atoms with Crippen LogP contribution in [0.1, 0.15) is 21.6 Å². The van der Waals surface area contributed by atoms with E-state index in [9.17, 15) is 14.9 Å². The van der Waals surface area contributed by atoms with Crippen molar-refractivity contribution < 1.29 is 14.5 Å². The lowest BCUT2D eigenvalue weighted by molar-refractivity contribution is -0.384. The summed E-state index contributed by atoms with van der Waals surface area (Å²) in [6, 6.07) is 2.51. The van der Waals surface area contributed by atoms with Crippen molar-refractivity contribution in [2.75, 3.05) is 12.4 Å². The van der Waals surface area contributed by atoms with Crippen LogP contribution in [0.5, 0.6) is 0 Å². The van der Waals surface area contributed by atoms with Crippen LogP contribution in [-0.2, 0) is 11.3 Å². The predicted octanol–water partition coefficient (Wildman–Crippen LogP) is 2.76. The molecule has 1 N–H and O–H groups in total. The summed E-state index contributed by atoms with van der Waals surface area (Å²) in [4.78, 5) is 25.9. The normalized spacial score (nSPS) is 10.2. The van der Waals surface area contributed by atoms with Gasteiger partial charge in [0.2, 0.25) is 5.82 Å². The summed E-state index contributed by atoms with van der Waals surface area (Å²) in [5, 5.41) is 17.9. The third-order valence-electron chi connectivity index (χ3n) is 2.87. The first-order valence-electron chi connectivity index (χ1n) is 6.02. The topological polar surface area (TPSA) is 94.4 Å². The zero-order valence-corrected chi connectivity index (χ0v) is 12.3. The molecule has 2 aromatic heterocycles. The van der Waals surface area contributed by atoms with Crippen molar-refractivity contribution in [1.82, 2.24) is 4.98 Å². The predicted molar refractivity (Wildman–Crippen MR) is 78.6 cm³/mol. The first-order valence-corrected chi connectivity index (χ1v) is 6.96. The molecule has 0 fully saturated rings. The number of aromatic nitrogens is 1. The number of methoxy groups -OCH3 is 1. The van der Waals surface area contributed by atoms with E-state index in [1.54, 1.807) is 11.3 Å². The van der Waals surface area contributed by atoms with Crippen LogP contribution in [0.3, 0.4) is 0 Å². The van der Waals surface area contributed by atoms with Crippen molar-refractivity contribution in [2.24, 2.45) is 0 Å². The number of nitro groups is 1. The van der Waals surface area contributed by atoms with Crippen LogP contribution in [0.2, 0.25) is 0 Å². The average Bonchev–Trinajstić information content (AvgIpc) is 2.89. The largest absolute Gasteiger partial charge is 0.464 e. The molecule has 21 heavy (non-hydrogen) atoms. The molecule has 0 saturated carbocycles. The highest BCUT2D eigenvalue weighted by molar-refractivity contribution is 7.08. The Balaban J connectivity index is 2.28. The lowest BCUT2D eigenvalue weighted by atomic mass is 10.2. The van der Waals surface area contributed by atoms with Crippen LogP contribution in [0.25, 0.3) is 0 Å². The van der Waals surface area contributed by atoms with Crippen LogP contribution in [0.4, 0.5) is 11.5 Å². The fourth-order valence-corrected chi connectivity index (χ4v) is 2.55. The Morgan fingerprint density at radius 3 is 2.81 bits per heavy atom. The molecule has 2 heterocycles. The molecular formula is C13H13N3O4S. The van der Waals surface area contributed by atoms with Crippen LogP contribution < -0.4 is 5.32 Å². The molecule has 2 rings (SSSR count). The van der Waals surface area contributed by atoms with Gasteiger partial charge in [-0.1, -0.05) is 0 Å². The van der Waals surface area contributed by atoms with Crippen molar-refractivity contribution in [3.05, 3.63) is 49.8 Å². The standard InChI is InChI=1S/C13H13N3O4S/c1-8-6-21-7-9(8)5-14-12-11(16(18)19)4-3-10(15-12)13(17)20-2/h3-4,6-7H,5H2,1-2H3,(H,14,15). The monoisotopic (exact) mass is 307 g/mol. The molecule has 0 aliphatic heterocycles. The Labute approximate surface area is 124 Å². The SMILES string of the molecule is COC(=O)c1ccc([N+](=O)[O-])c(NCc2cscc2C)n1. The van der Waals surface area contributed by atoms with E-state index >= 15 is 0 Å². The van der Waals surface area contributed by atoms with Gasteiger partial charge in [-0.05, 0) is 34.9 Å². The number of thiophene rings is 1. The summed E-state index contributed by atoms with van der Waals surface area (Å²) in [5.41, 5.74) is 1.96. The molecule has 110 valence electrons. The van der Waals surface area contributed by atoms with Gasteiger partial charge in [0.15, 0.2) is 5.69 Å². The number of anilines is 1. The van der Waals surface area contributed by atoms with Crippen molar-refractivity contribution in [3.63, 3.8) is 0 Å². The summed E-state index contributed by atoms with van der Waals surface area (Å²) in [7, 11) is 1.23. The molecule has 0 aromatic carbocycles. The van der Waals surface area contributed by atoms with Gasteiger partial charge in [0, 0.05) is 12.6 Å². The Morgan fingerprint density at radius 1 is 1.48 bits per heavy atom. The van der Waals surface area contributed by atoms with Crippen LogP contribution in [0.15, 0.2) is 22.9 Å². The van der Waals surface area contributed by atoms with Gasteiger partial charge >= 0.3 is 11.7 Å². The summed E-state index contributed by atoms with van der Waals surface area (Å²) >= 11 is 1.56. The number of nitrogens with zero attached hydrogens (tertiary/aromatic N) is 2. The van der Waals surface area contributed by atoms with Crippen LogP contribution >= 0.6 is 11.3 Å². The van der Waals surface area contributed by atoms with Gasteiger partial charge in [-0.15, -0.1) is 0 Å². The molecule has 2 aromatic rings. The third-order valence-corrected chi connectivity index (χ3v) is 3.78. The molecule has 0 spiro atoms. The highest BCUT2D eigenvalue weighted by Crippen LogP contribution is 2.24. The molecule has 0 saturated heterocycles. The van der Waals surface area contributed by atoms with E-state index in [1.807, 2.05) is 17.7 Å². The Kier molecular flexibility index (Phi) is 4.49. The molecular weight excluding hydrogens is 294 g/mol. The summed E-state index contributed by atoms with van der Waals surface area (Å²) in [6.07, 6.45) is 0. The second kappa shape index (κ2) is 6.31. The second-order valence-electron chi connectivity index (χ2n) is 4.25. The zero-order valence-electron chi connectivity index (χ0n) is 11.5. The number of esters is 1. The van der Waals surface area contributed by atoms with Gasteiger partial charge in [0.25, 0.3) is 0 Å². The molecule has 0 bridgehead atoms. The smallest absolute Gasteiger partial charge is 0.356 e. The van der Waals surface area contributed by atoms with Gasteiger partial charge in [-0.25, -0.2) is 9.78 Å². The maximum atomic E-state index is 11.5. The van der Waals surface area contributed by atoms with Gasteiger partial charge in [-0.3, -0.25) is 10.1 Å². The van der Waals surface area contributed by atoms with Crippen molar-refractivity contribution in [3.8, 4) is 0 Å². The van der Waals surface area contributed by atoms with E-state index in [0.29, 0.717) is 6.54 Å². The summed E-state index contributed by atoms with van der Waals surface area (Å²) in [6.45, 7) is 2.36. The number of ether oxygens (including phenoxy) is 1. The van der Waals surface area contributed by atoms with E-state index in [0.717, 1.165) is 11.1 Å². The van der Waals surface area contributed by atoms with Gasteiger partial charge < -0.3 is 10.1 Å². The minimum atomic E-state index is -0.639. The molecule has 0 radical (unpaired) electrons. The van der Waals surface area contributed by atoms with Gasteiger partial charge in [-0.2, -0.15) is 11.3 Å². The van der Waals surface area contributed by atoms with E-state index in [1.165, 1.54) is 19.2 Å². The minimum Gasteiger partial charge on any atom is -0.464 e. The molecule has 0 aliphatic carbocycles. The number of pyridine rings is 1. The summed E-state index contributed by atoms with van der Waals surface area (Å²) < 4.78 is 4.56. The molecule has 0 unspecified atom stereocenters. The lowest BCUT2D eigenvalue weighted by Gasteiger charge is -2.07. The maximum absolute atomic E-state index is 11.5. The number of aryl methyl sites for hydroxylation is 1. The van der Waals surface area contributed by atoms with E-state index in [-0.39, 0.29) is 17.2 Å². The minimum absolute atomic E-state index is 0.0210. The van der Waals surface area contributed by atoms with Crippen LogP contribution in [-0.4, -0.2) is 23.0 Å². The van der Waals surface area contributed by atoms with E-state index < -0.39 is 10.9 Å². The summed E-state index contributed by atoms with van der Waals surface area (Å²) in [5.74, 6) is -0.590. The Hall–Kier alpha value is -2.48. The maximum Gasteiger partial charge on any atom is 0.356 e.